The second-order valence-electron chi connectivity index (χ2n) is 4.37. The lowest BCUT2D eigenvalue weighted by molar-refractivity contribution is 0.0774. The number of aromatic nitrogens is 3. The van der Waals surface area contributed by atoms with Crippen molar-refractivity contribution in [1.29, 1.82) is 0 Å². The van der Waals surface area contributed by atoms with E-state index in [0.29, 0.717) is 18.8 Å². The molecule has 0 radical (unpaired) electrons. The van der Waals surface area contributed by atoms with Crippen molar-refractivity contribution in [3.63, 3.8) is 0 Å². The molecule has 2 aromatic heterocycles. The Bertz CT molecular complexity index is 561. The zero-order valence-electron chi connectivity index (χ0n) is 11.1. The zero-order valence-corrected chi connectivity index (χ0v) is 11.1. The quantitative estimate of drug-likeness (QED) is 0.869. The number of amides is 1. The number of imidazole rings is 1. The van der Waals surface area contributed by atoms with Crippen molar-refractivity contribution in [1.82, 2.24) is 19.4 Å². The van der Waals surface area contributed by atoms with Gasteiger partial charge in [-0.05, 0) is 11.6 Å². The minimum absolute atomic E-state index is 0.133. The lowest BCUT2D eigenvalue weighted by Crippen LogP contribution is -2.28. The van der Waals surface area contributed by atoms with Crippen LogP contribution < -0.4 is 5.73 Å². The van der Waals surface area contributed by atoms with Crippen molar-refractivity contribution in [2.75, 3.05) is 7.05 Å². The van der Waals surface area contributed by atoms with Crippen LogP contribution in [0.15, 0.2) is 30.7 Å². The maximum Gasteiger partial charge on any atom is 0.272 e. The van der Waals surface area contributed by atoms with Crippen LogP contribution in [0.3, 0.4) is 0 Å². The highest BCUT2D eigenvalue weighted by Gasteiger charge is 2.14. The summed E-state index contributed by atoms with van der Waals surface area (Å²) in [6, 6.07) is 3.51. The van der Waals surface area contributed by atoms with Gasteiger partial charge in [-0.15, -0.1) is 0 Å². The van der Waals surface area contributed by atoms with E-state index in [9.17, 15) is 4.79 Å². The van der Waals surface area contributed by atoms with Gasteiger partial charge >= 0.3 is 0 Å². The number of nitrogens with zero attached hydrogens (tertiary/aromatic N) is 4. The molecule has 0 aromatic carbocycles. The van der Waals surface area contributed by atoms with E-state index < -0.39 is 0 Å². The molecule has 1 amide bonds. The van der Waals surface area contributed by atoms with E-state index in [1.165, 1.54) is 0 Å². The number of carbonyl (C=O) groups is 1. The third-order valence-electron chi connectivity index (χ3n) is 2.93. The van der Waals surface area contributed by atoms with Crippen LogP contribution in [0.1, 0.15) is 21.9 Å². The van der Waals surface area contributed by atoms with Gasteiger partial charge in [-0.25, -0.2) is 4.98 Å². The second-order valence-corrected chi connectivity index (χ2v) is 4.37. The summed E-state index contributed by atoms with van der Waals surface area (Å²) in [5.41, 5.74) is 6.81. The standard InChI is InChI=1S/C13H17N5O/c1-17-6-5-15-12(17)9-18(2)13(19)11-4-3-10(7-14)8-16-11/h3-6,8H,7,9,14H2,1-2H3. The normalized spacial score (nSPS) is 10.5. The highest BCUT2D eigenvalue weighted by Crippen LogP contribution is 2.06. The number of hydrogen-bond donors (Lipinski definition) is 1. The highest BCUT2D eigenvalue weighted by atomic mass is 16.2. The predicted octanol–water partition coefficient (Wildman–Crippen LogP) is 0.546. The highest BCUT2D eigenvalue weighted by molar-refractivity contribution is 5.92. The van der Waals surface area contributed by atoms with Crippen molar-refractivity contribution >= 4 is 5.91 Å². The van der Waals surface area contributed by atoms with Gasteiger partial charge in [-0.1, -0.05) is 6.07 Å². The molecule has 0 unspecified atom stereocenters. The molecule has 6 nitrogen and oxygen atoms in total. The van der Waals surface area contributed by atoms with Gasteiger partial charge in [0.2, 0.25) is 0 Å². The first-order valence-electron chi connectivity index (χ1n) is 5.98. The number of hydrogen-bond acceptors (Lipinski definition) is 4. The first kappa shape index (κ1) is 13.2. The van der Waals surface area contributed by atoms with Crippen molar-refractivity contribution in [3.8, 4) is 0 Å². The van der Waals surface area contributed by atoms with E-state index in [1.54, 1.807) is 30.4 Å². The van der Waals surface area contributed by atoms with E-state index in [1.807, 2.05) is 23.9 Å². The molecule has 0 aliphatic rings. The summed E-state index contributed by atoms with van der Waals surface area (Å²) >= 11 is 0. The molecule has 100 valence electrons. The summed E-state index contributed by atoms with van der Waals surface area (Å²) in [5.74, 6) is 0.695. The van der Waals surface area contributed by atoms with Gasteiger partial charge in [0, 0.05) is 39.2 Å². The van der Waals surface area contributed by atoms with Gasteiger partial charge < -0.3 is 15.2 Å². The van der Waals surface area contributed by atoms with Crippen molar-refractivity contribution in [3.05, 3.63) is 47.8 Å². The lowest BCUT2D eigenvalue weighted by Gasteiger charge is -2.16. The van der Waals surface area contributed by atoms with Gasteiger partial charge in [0.1, 0.15) is 11.5 Å². The van der Waals surface area contributed by atoms with Gasteiger partial charge in [0.25, 0.3) is 5.91 Å². The molecule has 0 aliphatic carbocycles. The third kappa shape index (κ3) is 2.97. The van der Waals surface area contributed by atoms with Crippen LogP contribution >= 0.6 is 0 Å². The SMILES string of the molecule is CN(Cc1nccn1C)C(=O)c1ccc(CN)cn1. The number of carbonyl (C=O) groups excluding carboxylic acids is 1. The van der Waals surface area contributed by atoms with Gasteiger partial charge in [0.15, 0.2) is 0 Å². The second kappa shape index (κ2) is 5.62. The maximum absolute atomic E-state index is 12.2. The van der Waals surface area contributed by atoms with Crippen molar-refractivity contribution in [2.24, 2.45) is 12.8 Å². The van der Waals surface area contributed by atoms with Gasteiger partial charge in [-0.3, -0.25) is 9.78 Å². The molecule has 0 fully saturated rings. The number of pyridine rings is 1. The Morgan fingerprint density at radius 3 is 2.74 bits per heavy atom. The molecule has 2 rings (SSSR count). The van der Waals surface area contributed by atoms with E-state index in [2.05, 4.69) is 9.97 Å². The van der Waals surface area contributed by atoms with Crippen LogP contribution in [0.4, 0.5) is 0 Å². The average molecular weight is 259 g/mol. The summed E-state index contributed by atoms with van der Waals surface area (Å²) < 4.78 is 1.88. The summed E-state index contributed by atoms with van der Waals surface area (Å²) in [7, 11) is 3.63. The fraction of sp³-hybridized carbons (Fsp3) is 0.308. The average Bonchev–Trinajstić information content (AvgIpc) is 2.83. The van der Waals surface area contributed by atoms with E-state index >= 15 is 0 Å². The van der Waals surface area contributed by atoms with Crippen LogP contribution in [0.25, 0.3) is 0 Å². The van der Waals surface area contributed by atoms with Gasteiger partial charge in [-0.2, -0.15) is 0 Å². The first-order valence-corrected chi connectivity index (χ1v) is 5.98. The Kier molecular flexibility index (Phi) is 3.91. The lowest BCUT2D eigenvalue weighted by atomic mass is 10.2. The number of rotatable bonds is 4. The summed E-state index contributed by atoms with van der Waals surface area (Å²) in [6.07, 6.45) is 5.19. The predicted molar refractivity (Wildman–Crippen MR) is 71.1 cm³/mol. The molecule has 0 spiro atoms. The van der Waals surface area contributed by atoms with Crippen LogP contribution in [-0.2, 0) is 20.1 Å². The molecular formula is C13H17N5O. The zero-order chi connectivity index (χ0) is 13.8. The minimum Gasteiger partial charge on any atom is -0.337 e. The fourth-order valence-corrected chi connectivity index (χ4v) is 1.70. The Balaban J connectivity index is 2.08. The Hall–Kier alpha value is -2.21. The number of nitrogens with two attached hydrogens (primary N) is 1. The molecule has 0 saturated carbocycles. The summed E-state index contributed by atoms with van der Waals surface area (Å²) in [4.78, 5) is 22.1. The molecule has 2 heterocycles. The smallest absolute Gasteiger partial charge is 0.272 e. The van der Waals surface area contributed by atoms with E-state index in [-0.39, 0.29) is 5.91 Å². The molecule has 0 aliphatic heterocycles. The molecule has 19 heavy (non-hydrogen) atoms. The topological polar surface area (TPSA) is 77.0 Å². The summed E-state index contributed by atoms with van der Waals surface area (Å²) in [5, 5.41) is 0. The van der Waals surface area contributed by atoms with Crippen LogP contribution in [0.5, 0.6) is 0 Å². The largest absolute Gasteiger partial charge is 0.337 e. The Morgan fingerprint density at radius 2 is 2.21 bits per heavy atom. The molecule has 0 bridgehead atoms. The van der Waals surface area contributed by atoms with Gasteiger partial charge in [0.05, 0.1) is 6.54 Å². The van der Waals surface area contributed by atoms with Crippen LogP contribution in [-0.4, -0.2) is 32.4 Å². The van der Waals surface area contributed by atoms with E-state index in [0.717, 1.165) is 11.4 Å². The molecule has 6 heteroatoms. The molecule has 2 aromatic rings. The molecular weight excluding hydrogens is 242 g/mol. The van der Waals surface area contributed by atoms with E-state index in [4.69, 9.17) is 5.73 Å². The third-order valence-corrected chi connectivity index (χ3v) is 2.93. The Morgan fingerprint density at radius 1 is 1.42 bits per heavy atom. The Labute approximate surface area is 111 Å². The maximum atomic E-state index is 12.2. The molecule has 0 atom stereocenters. The summed E-state index contributed by atoms with van der Waals surface area (Å²) in [6.45, 7) is 0.868. The van der Waals surface area contributed by atoms with Crippen molar-refractivity contribution in [2.45, 2.75) is 13.1 Å². The molecule has 2 N–H and O–H groups in total. The molecule has 0 saturated heterocycles. The fourth-order valence-electron chi connectivity index (χ4n) is 1.70. The monoisotopic (exact) mass is 259 g/mol. The minimum atomic E-state index is -0.133. The number of aryl methyl sites for hydroxylation is 1. The van der Waals surface area contributed by atoms with Crippen LogP contribution in [0.2, 0.25) is 0 Å². The van der Waals surface area contributed by atoms with Crippen molar-refractivity contribution < 1.29 is 4.79 Å². The first-order chi connectivity index (χ1) is 9.11. The van der Waals surface area contributed by atoms with Crippen LogP contribution in [0, 0.1) is 0 Å².